The van der Waals surface area contributed by atoms with E-state index >= 15 is 0 Å². The molecule has 0 fully saturated rings. The second-order valence-electron chi connectivity index (χ2n) is 4.15. The molecule has 1 amide bonds. The Kier molecular flexibility index (Phi) is 7.35. The number of hydrogen-bond acceptors (Lipinski definition) is 4. The summed E-state index contributed by atoms with van der Waals surface area (Å²) in [5, 5.41) is 23.2. The highest BCUT2D eigenvalue weighted by Gasteiger charge is 2.15. The van der Waals surface area contributed by atoms with E-state index < -0.39 is 11.4 Å². The van der Waals surface area contributed by atoms with E-state index in [1.807, 2.05) is 0 Å². The van der Waals surface area contributed by atoms with Gasteiger partial charge in [-0.1, -0.05) is 0 Å². The Bertz CT molecular complexity index is 321. The Labute approximate surface area is 106 Å². The fraction of sp³-hybridized carbons (Fsp3) is 0.636. The average Bonchev–Trinajstić information content (AvgIpc) is 2.30. The molecular weight excluding hydrogens is 242 g/mol. The maximum atomic E-state index is 11.5. The Morgan fingerprint density at radius 2 is 2.24 bits per heavy atom. The minimum atomic E-state index is -0.571. The number of rotatable bonds is 7. The number of aliphatic hydroxyl groups is 1. The van der Waals surface area contributed by atoms with Gasteiger partial charge < -0.3 is 15.7 Å². The minimum absolute atomic E-state index is 0.0268. The first kappa shape index (κ1) is 15.8. The molecule has 0 rings (SSSR count). The van der Waals surface area contributed by atoms with Crippen molar-refractivity contribution in [2.24, 2.45) is 0 Å². The fourth-order valence-electron chi connectivity index (χ4n) is 0.826. The lowest BCUT2D eigenvalue weighted by Gasteiger charge is -2.22. The molecule has 0 aliphatic heterocycles. The number of aliphatic hydroxyl groups excluding tert-OH is 1. The predicted octanol–water partition coefficient (Wildman–Crippen LogP) is 0.499. The van der Waals surface area contributed by atoms with Crippen molar-refractivity contribution in [3.8, 4) is 6.07 Å². The van der Waals surface area contributed by atoms with E-state index in [-0.39, 0.29) is 12.2 Å². The van der Waals surface area contributed by atoms with Crippen LogP contribution in [0.2, 0.25) is 0 Å². The van der Waals surface area contributed by atoms with Gasteiger partial charge in [0.05, 0.1) is 12.1 Å². The SMILES string of the molecule is CC(C)(CO)N/C=C(/C#N)C(=O)NCCCCl. The topological polar surface area (TPSA) is 85.2 Å². The standard InChI is InChI=1S/C11H18ClN3O2/c1-11(2,8-16)15-7-9(6-13)10(17)14-5-3-4-12/h7,15-16H,3-5,8H2,1-2H3,(H,14,17)/b9-7-. The van der Waals surface area contributed by atoms with Gasteiger partial charge in [0.2, 0.25) is 0 Å². The maximum absolute atomic E-state index is 11.5. The Hall–Kier alpha value is -1.25. The lowest BCUT2D eigenvalue weighted by atomic mass is 10.1. The maximum Gasteiger partial charge on any atom is 0.263 e. The zero-order chi connectivity index (χ0) is 13.3. The van der Waals surface area contributed by atoms with Gasteiger partial charge in [0.1, 0.15) is 11.6 Å². The minimum Gasteiger partial charge on any atom is -0.394 e. The third-order valence-corrected chi connectivity index (χ3v) is 2.23. The van der Waals surface area contributed by atoms with Gasteiger partial charge in [0.25, 0.3) is 5.91 Å². The first-order valence-corrected chi connectivity index (χ1v) is 5.83. The Balaban J connectivity index is 4.37. The van der Waals surface area contributed by atoms with Crippen molar-refractivity contribution in [2.75, 3.05) is 19.0 Å². The number of nitriles is 1. The molecule has 5 nitrogen and oxygen atoms in total. The molecule has 0 atom stereocenters. The van der Waals surface area contributed by atoms with Gasteiger partial charge in [-0.3, -0.25) is 4.79 Å². The molecule has 0 aromatic carbocycles. The monoisotopic (exact) mass is 259 g/mol. The van der Waals surface area contributed by atoms with Gasteiger partial charge in [-0.2, -0.15) is 5.26 Å². The normalized spacial score (nSPS) is 11.8. The van der Waals surface area contributed by atoms with E-state index in [9.17, 15) is 4.79 Å². The predicted molar refractivity (Wildman–Crippen MR) is 66.3 cm³/mol. The molecule has 0 saturated heterocycles. The van der Waals surface area contributed by atoms with Crippen molar-refractivity contribution < 1.29 is 9.90 Å². The second-order valence-corrected chi connectivity index (χ2v) is 4.53. The number of alkyl halides is 1. The van der Waals surface area contributed by atoms with Crippen LogP contribution in [0.1, 0.15) is 20.3 Å². The van der Waals surface area contributed by atoms with Gasteiger partial charge >= 0.3 is 0 Å². The first-order chi connectivity index (χ1) is 7.96. The Morgan fingerprint density at radius 1 is 1.59 bits per heavy atom. The molecule has 17 heavy (non-hydrogen) atoms. The third-order valence-electron chi connectivity index (χ3n) is 1.96. The smallest absolute Gasteiger partial charge is 0.263 e. The van der Waals surface area contributed by atoms with Crippen LogP contribution < -0.4 is 10.6 Å². The molecule has 0 saturated carbocycles. The van der Waals surface area contributed by atoms with E-state index in [0.717, 1.165) is 0 Å². The van der Waals surface area contributed by atoms with Crippen molar-refractivity contribution in [3.05, 3.63) is 11.8 Å². The number of nitrogens with zero attached hydrogens (tertiary/aromatic N) is 1. The molecule has 0 spiro atoms. The van der Waals surface area contributed by atoms with Gasteiger partial charge in [-0.15, -0.1) is 11.6 Å². The van der Waals surface area contributed by atoms with E-state index in [1.54, 1.807) is 19.9 Å². The summed E-state index contributed by atoms with van der Waals surface area (Å²) in [4.78, 5) is 11.5. The van der Waals surface area contributed by atoms with Crippen molar-refractivity contribution in [1.82, 2.24) is 10.6 Å². The number of nitrogens with one attached hydrogen (secondary N) is 2. The van der Waals surface area contributed by atoms with Crippen LogP contribution >= 0.6 is 11.6 Å². The van der Waals surface area contributed by atoms with Crippen LogP contribution in [0.4, 0.5) is 0 Å². The van der Waals surface area contributed by atoms with E-state index in [2.05, 4.69) is 10.6 Å². The molecule has 0 bridgehead atoms. The molecule has 0 heterocycles. The molecule has 0 aliphatic carbocycles. The van der Waals surface area contributed by atoms with Gasteiger partial charge in [-0.25, -0.2) is 0 Å². The molecule has 96 valence electrons. The van der Waals surface area contributed by atoms with Crippen LogP contribution in [0.5, 0.6) is 0 Å². The van der Waals surface area contributed by atoms with Gasteiger partial charge in [-0.05, 0) is 20.3 Å². The van der Waals surface area contributed by atoms with Crippen LogP contribution in [-0.2, 0) is 4.79 Å². The average molecular weight is 260 g/mol. The van der Waals surface area contributed by atoms with E-state index in [1.165, 1.54) is 6.20 Å². The zero-order valence-corrected chi connectivity index (χ0v) is 10.8. The molecular formula is C11H18ClN3O2. The third kappa shape index (κ3) is 6.82. The molecule has 0 aromatic heterocycles. The summed E-state index contributed by atoms with van der Waals surface area (Å²) in [7, 11) is 0. The lowest BCUT2D eigenvalue weighted by Crippen LogP contribution is -2.40. The summed E-state index contributed by atoms with van der Waals surface area (Å²) in [6.07, 6.45) is 1.97. The molecule has 0 aliphatic rings. The molecule has 6 heteroatoms. The molecule has 0 radical (unpaired) electrons. The number of carbonyl (C=O) groups excluding carboxylic acids is 1. The number of halogens is 1. The van der Waals surface area contributed by atoms with Crippen LogP contribution in [0.3, 0.4) is 0 Å². The zero-order valence-electron chi connectivity index (χ0n) is 10.1. The highest BCUT2D eigenvalue weighted by Crippen LogP contribution is 2.01. The van der Waals surface area contributed by atoms with Crippen LogP contribution in [0.25, 0.3) is 0 Å². The van der Waals surface area contributed by atoms with Crippen molar-refractivity contribution >= 4 is 17.5 Å². The molecule has 0 unspecified atom stereocenters. The van der Waals surface area contributed by atoms with Crippen molar-refractivity contribution in [1.29, 1.82) is 5.26 Å². The van der Waals surface area contributed by atoms with E-state index in [0.29, 0.717) is 18.8 Å². The van der Waals surface area contributed by atoms with E-state index in [4.69, 9.17) is 22.0 Å². The Morgan fingerprint density at radius 3 is 2.71 bits per heavy atom. The first-order valence-electron chi connectivity index (χ1n) is 5.30. The van der Waals surface area contributed by atoms with Gasteiger partial charge in [0.15, 0.2) is 0 Å². The second kappa shape index (κ2) is 7.93. The molecule has 0 aromatic rings. The lowest BCUT2D eigenvalue weighted by molar-refractivity contribution is -0.117. The quantitative estimate of drug-likeness (QED) is 0.269. The summed E-state index contributed by atoms with van der Waals surface area (Å²) in [5.74, 6) is 0.0145. The summed E-state index contributed by atoms with van der Waals surface area (Å²) in [5.41, 5.74) is -0.598. The van der Waals surface area contributed by atoms with Gasteiger partial charge in [0, 0.05) is 18.6 Å². The summed E-state index contributed by atoms with van der Waals surface area (Å²) < 4.78 is 0. The van der Waals surface area contributed by atoms with Crippen molar-refractivity contribution in [2.45, 2.75) is 25.8 Å². The van der Waals surface area contributed by atoms with Crippen LogP contribution in [-0.4, -0.2) is 35.6 Å². The summed E-state index contributed by atoms with van der Waals surface area (Å²) in [6, 6.07) is 1.80. The van der Waals surface area contributed by atoms with Crippen LogP contribution in [0.15, 0.2) is 11.8 Å². The number of hydrogen-bond donors (Lipinski definition) is 3. The fourth-order valence-corrected chi connectivity index (χ4v) is 0.959. The van der Waals surface area contributed by atoms with Crippen molar-refractivity contribution in [3.63, 3.8) is 0 Å². The number of carbonyl (C=O) groups is 1. The highest BCUT2D eigenvalue weighted by atomic mass is 35.5. The van der Waals surface area contributed by atoms with Crippen LogP contribution in [0, 0.1) is 11.3 Å². The summed E-state index contributed by atoms with van der Waals surface area (Å²) >= 11 is 5.47. The highest BCUT2D eigenvalue weighted by molar-refractivity contribution is 6.17. The number of amides is 1. The largest absolute Gasteiger partial charge is 0.394 e. The summed E-state index contributed by atoms with van der Waals surface area (Å²) in [6.45, 7) is 3.84. The molecule has 3 N–H and O–H groups in total.